The molecule has 30 heavy (non-hydrogen) atoms. The lowest BCUT2D eigenvalue weighted by atomic mass is 10.2. The zero-order valence-electron chi connectivity index (χ0n) is 16.4. The number of alkyl halides is 1. The minimum Gasteiger partial charge on any atom is -0.494 e. The maximum atomic E-state index is 13.2. The lowest BCUT2D eigenvalue weighted by Crippen LogP contribution is -2.46. The summed E-state index contributed by atoms with van der Waals surface area (Å²) >= 11 is 0. The molecule has 2 rings (SSSR count). The fourth-order valence-electron chi connectivity index (χ4n) is 2.65. The Kier molecular flexibility index (Phi) is 8.70. The highest BCUT2D eigenvalue weighted by Gasteiger charge is 2.33. The van der Waals surface area contributed by atoms with Crippen LogP contribution in [0.5, 0.6) is 5.75 Å². The number of ether oxygens (including phenoxy) is 1. The molecule has 0 aliphatic carbocycles. The van der Waals surface area contributed by atoms with Crippen LogP contribution in [0.3, 0.4) is 0 Å². The van der Waals surface area contributed by atoms with Crippen LogP contribution in [0.15, 0.2) is 53.4 Å². The number of unbranched alkanes of at least 4 members (excludes halogenated alkanes) is 1. The standard InChI is InChI=1S/C20H24F2N2O5S/c1-15(20(25)23-26)24(14-16-4-6-17(22)7-5-16)30(27,28)19-10-8-18(9-11-19)29-13-3-2-12-21/h4-11,15,26H,2-3,12-14H2,1H3,(H,23,25)/t15-/m1/s1. The third kappa shape index (κ3) is 6.22. The highest BCUT2D eigenvalue weighted by Crippen LogP contribution is 2.24. The number of hydrogen-bond acceptors (Lipinski definition) is 5. The van der Waals surface area contributed by atoms with Crippen LogP contribution in [0.25, 0.3) is 0 Å². The molecule has 0 spiro atoms. The van der Waals surface area contributed by atoms with E-state index in [1.54, 1.807) is 0 Å². The summed E-state index contributed by atoms with van der Waals surface area (Å²) in [5.74, 6) is -0.955. The molecule has 7 nitrogen and oxygen atoms in total. The molecule has 164 valence electrons. The summed E-state index contributed by atoms with van der Waals surface area (Å²) in [5.41, 5.74) is 1.92. The molecule has 0 radical (unpaired) electrons. The molecule has 1 atom stereocenters. The van der Waals surface area contributed by atoms with Gasteiger partial charge in [0.25, 0.3) is 5.91 Å². The van der Waals surface area contributed by atoms with Crippen molar-refractivity contribution in [2.24, 2.45) is 0 Å². The zero-order valence-corrected chi connectivity index (χ0v) is 17.2. The monoisotopic (exact) mass is 442 g/mol. The number of rotatable bonds is 11. The van der Waals surface area contributed by atoms with E-state index in [1.807, 2.05) is 0 Å². The third-order valence-electron chi connectivity index (χ3n) is 4.40. The van der Waals surface area contributed by atoms with Gasteiger partial charge in [-0.05, 0) is 61.7 Å². The molecule has 0 bridgehead atoms. The summed E-state index contributed by atoms with van der Waals surface area (Å²) in [6.07, 6.45) is 0.922. The highest BCUT2D eigenvalue weighted by molar-refractivity contribution is 7.89. The normalized spacial score (nSPS) is 12.6. The average Bonchev–Trinajstić information content (AvgIpc) is 2.75. The molecule has 2 N–H and O–H groups in total. The first-order valence-electron chi connectivity index (χ1n) is 9.28. The maximum Gasteiger partial charge on any atom is 0.261 e. The van der Waals surface area contributed by atoms with Crippen molar-refractivity contribution in [3.63, 3.8) is 0 Å². The number of nitrogens with one attached hydrogen (secondary N) is 1. The Morgan fingerprint density at radius 1 is 1.13 bits per heavy atom. The largest absolute Gasteiger partial charge is 0.494 e. The number of carbonyl (C=O) groups is 1. The van der Waals surface area contributed by atoms with Crippen molar-refractivity contribution in [3.8, 4) is 5.75 Å². The van der Waals surface area contributed by atoms with Gasteiger partial charge < -0.3 is 4.74 Å². The highest BCUT2D eigenvalue weighted by atomic mass is 32.2. The molecule has 0 fully saturated rings. The van der Waals surface area contributed by atoms with Gasteiger partial charge in [0, 0.05) is 6.54 Å². The number of amides is 1. The number of sulfonamides is 1. The molecule has 0 aliphatic rings. The Labute approximate surface area is 174 Å². The lowest BCUT2D eigenvalue weighted by Gasteiger charge is -2.27. The van der Waals surface area contributed by atoms with E-state index in [2.05, 4.69) is 0 Å². The minimum absolute atomic E-state index is 0.0849. The predicted octanol–water partition coefficient (Wildman–Crippen LogP) is 3.04. The van der Waals surface area contributed by atoms with Crippen LogP contribution in [-0.2, 0) is 21.4 Å². The molecule has 1 amide bonds. The summed E-state index contributed by atoms with van der Waals surface area (Å²) in [6.45, 7) is 0.998. The van der Waals surface area contributed by atoms with E-state index < -0.39 is 34.5 Å². The summed E-state index contributed by atoms with van der Waals surface area (Å²) in [6, 6.07) is 9.57. The minimum atomic E-state index is -4.15. The van der Waals surface area contributed by atoms with E-state index in [1.165, 1.54) is 60.9 Å². The van der Waals surface area contributed by atoms with Gasteiger partial charge >= 0.3 is 0 Å². The van der Waals surface area contributed by atoms with Crippen LogP contribution >= 0.6 is 0 Å². The quantitative estimate of drug-likeness (QED) is 0.317. The first kappa shape index (κ1) is 23.7. The van der Waals surface area contributed by atoms with Crippen LogP contribution < -0.4 is 10.2 Å². The molecule has 0 saturated heterocycles. The van der Waals surface area contributed by atoms with Gasteiger partial charge in [-0.1, -0.05) is 12.1 Å². The van der Waals surface area contributed by atoms with Gasteiger partial charge in [0.15, 0.2) is 0 Å². The molecule has 0 aromatic heterocycles. The molecular formula is C20H24F2N2O5S. The molecule has 0 heterocycles. The van der Waals surface area contributed by atoms with Gasteiger partial charge in [-0.15, -0.1) is 0 Å². The second-order valence-corrected chi connectivity index (χ2v) is 8.44. The van der Waals surface area contributed by atoms with E-state index >= 15 is 0 Å². The number of benzene rings is 2. The lowest BCUT2D eigenvalue weighted by molar-refractivity contribution is -0.132. The van der Waals surface area contributed by atoms with Gasteiger partial charge in [0.1, 0.15) is 17.6 Å². The summed E-state index contributed by atoms with van der Waals surface area (Å²) in [4.78, 5) is 11.8. The fraction of sp³-hybridized carbons (Fsp3) is 0.350. The topological polar surface area (TPSA) is 95.9 Å². The van der Waals surface area contributed by atoms with Gasteiger partial charge in [-0.2, -0.15) is 4.31 Å². The van der Waals surface area contributed by atoms with Crippen molar-refractivity contribution in [1.82, 2.24) is 9.79 Å². The first-order chi connectivity index (χ1) is 14.3. The predicted molar refractivity (Wildman–Crippen MR) is 106 cm³/mol. The van der Waals surface area contributed by atoms with Crippen molar-refractivity contribution in [3.05, 3.63) is 59.9 Å². The van der Waals surface area contributed by atoms with Gasteiger partial charge in [0.2, 0.25) is 10.0 Å². The number of hydroxylamine groups is 1. The van der Waals surface area contributed by atoms with E-state index in [9.17, 15) is 22.0 Å². The summed E-state index contributed by atoms with van der Waals surface area (Å²) < 4.78 is 58.0. The number of halogens is 2. The van der Waals surface area contributed by atoms with E-state index in [0.29, 0.717) is 30.8 Å². The van der Waals surface area contributed by atoms with Crippen LogP contribution in [-0.4, -0.2) is 43.2 Å². The smallest absolute Gasteiger partial charge is 0.261 e. The Morgan fingerprint density at radius 2 is 1.77 bits per heavy atom. The van der Waals surface area contributed by atoms with Crippen LogP contribution in [0.1, 0.15) is 25.3 Å². The third-order valence-corrected chi connectivity index (χ3v) is 6.33. The average molecular weight is 442 g/mol. The molecule has 2 aromatic carbocycles. The Hall–Kier alpha value is -2.56. The Morgan fingerprint density at radius 3 is 2.33 bits per heavy atom. The van der Waals surface area contributed by atoms with Crippen molar-refractivity contribution in [1.29, 1.82) is 0 Å². The molecular weight excluding hydrogens is 418 g/mol. The zero-order chi connectivity index (χ0) is 22.1. The van der Waals surface area contributed by atoms with Gasteiger partial charge in [-0.3, -0.25) is 14.4 Å². The molecule has 10 heteroatoms. The Balaban J connectivity index is 2.26. The van der Waals surface area contributed by atoms with Crippen LogP contribution in [0, 0.1) is 5.82 Å². The Bertz CT molecular complexity index is 921. The number of nitrogens with zero attached hydrogens (tertiary/aromatic N) is 1. The second-order valence-electron chi connectivity index (χ2n) is 6.54. The van der Waals surface area contributed by atoms with Crippen molar-refractivity contribution in [2.75, 3.05) is 13.3 Å². The van der Waals surface area contributed by atoms with Crippen molar-refractivity contribution < 1.29 is 31.9 Å². The van der Waals surface area contributed by atoms with Crippen LogP contribution in [0.4, 0.5) is 8.78 Å². The van der Waals surface area contributed by atoms with Gasteiger partial charge in [-0.25, -0.2) is 18.3 Å². The molecule has 2 aromatic rings. The maximum absolute atomic E-state index is 13.2. The van der Waals surface area contributed by atoms with E-state index in [-0.39, 0.29) is 11.4 Å². The fourth-order valence-corrected chi connectivity index (χ4v) is 4.24. The summed E-state index contributed by atoms with van der Waals surface area (Å²) in [7, 11) is -4.15. The number of hydrogen-bond donors (Lipinski definition) is 2. The SMILES string of the molecule is C[C@H](C(=O)NO)N(Cc1ccc(F)cc1)S(=O)(=O)c1ccc(OCCCCF)cc1. The van der Waals surface area contributed by atoms with E-state index in [4.69, 9.17) is 9.94 Å². The number of carbonyl (C=O) groups excluding carboxylic acids is 1. The second kappa shape index (κ2) is 11.0. The van der Waals surface area contributed by atoms with Crippen molar-refractivity contribution in [2.45, 2.75) is 37.2 Å². The molecule has 0 saturated carbocycles. The van der Waals surface area contributed by atoms with Crippen LogP contribution in [0.2, 0.25) is 0 Å². The van der Waals surface area contributed by atoms with E-state index in [0.717, 1.165) is 4.31 Å². The molecule has 0 aliphatic heterocycles. The van der Waals surface area contributed by atoms with Crippen molar-refractivity contribution >= 4 is 15.9 Å². The first-order valence-corrected chi connectivity index (χ1v) is 10.7. The summed E-state index contributed by atoms with van der Waals surface area (Å²) in [5, 5.41) is 8.94. The molecule has 0 unspecified atom stereocenters. The van der Waals surface area contributed by atoms with Gasteiger partial charge in [0.05, 0.1) is 18.2 Å².